The lowest BCUT2D eigenvalue weighted by Gasteiger charge is -2.10. The quantitative estimate of drug-likeness (QED) is 0.301. The SMILES string of the molecule is O=[N+]([O-])c1cc(C(F)(F)F)ccc1Oc1ccc(/C=N\Nc2ncccc2[N+](=O)[O-])cc1. The van der Waals surface area contributed by atoms with Gasteiger partial charge < -0.3 is 4.74 Å². The number of pyridine rings is 1. The van der Waals surface area contributed by atoms with Gasteiger partial charge in [-0.3, -0.25) is 25.7 Å². The van der Waals surface area contributed by atoms with E-state index in [9.17, 15) is 33.4 Å². The van der Waals surface area contributed by atoms with Crippen LogP contribution in [-0.4, -0.2) is 21.0 Å². The van der Waals surface area contributed by atoms with Gasteiger partial charge >= 0.3 is 17.6 Å². The van der Waals surface area contributed by atoms with Crippen LogP contribution in [-0.2, 0) is 6.18 Å². The highest BCUT2D eigenvalue weighted by atomic mass is 19.4. The summed E-state index contributed by atoms with van der Waals surface area (Å²) >= 11 is 0. The fourth-order valence-electron chi connectivity index (χ4n) is 2.47. The lowest BCUT2D eigenvalue weighted by molar-refractivity contribution is -0.385. The number of nitrogens with one attached hydrogen (secondary N) is 1. The maximum atomic E-state index is 12.8. The molecule has 0 amide bonds. The molecular weight excluding hydrogens is 435 g/mol. The first-order chi connectivity index (χ1) is 15.1. The van der Waals surface area contributed by atoms with Gasteiger partial charge in [0.15, 0.2) is 0 Å². The Kier molecular flexibility index (Phi) is 6.28. The Hall–Kier alpha value is -4.55. The average Bonchev–Trinajstić information content (AvgIpc) is 2.74. The molecule has 0 spiro atoms. The predicted molar refractivity (Wildman–Crippen MR) is 107 cm³/mol. The van der Waals surface area contributed by atoms with Gasteiger partial charge in [0.1, 0.15) is 5.75 Å². The minimum atomic E-state index is -4.73. The number of halogens is 3. The molecule has 1 N–H and O–H groups in total. The summed E-state index contributed by atoms with van der Waals surface area (Å²) in [4.78, 5) is 24.3. The van der Waals surface area contributed by atoms with Crippen LogP contribution < -0.4 is 10.2 Å². The highest BCUT2D eigenvalue weighted by Crippen LogP contribution is 2.37. The topological polar surface area (TPSA) is 133 Å². The molecule has 164 valence electrons. The van der Waals surface area contributed by atoms with Crippen LogP contribution in [0, 0.1) is 20.2 Å². The van der Waals surface area contributed by atoms with Gasteiger partial charge in [-0.1, -0.05) is 0 Å². The number of rotatable bonds is 7. The molecule has 0 fully saturated rings. The molecule has 13 heteroatoms. The molecule has 3 rings (SSSR count). The summed E-state index contributed by atoms with van der Waals surface area (Å²) < 4.78 is 43.7. The van der Waals surface area contributed by atoms with Gasteiger partial charge in [0.2, 0.25) is 11.6 Å². The fraction of sp³-hybridized carbons (Fsp3) is 0.0526. The molecule has 2 aromatic carbocycles. The molecule has 1 aromatic heterocycles. The third-order valence-electron chi connectivity index (χ3n) is 3.96. The van der Waals surface area contributed by atoms with Crippen LogP contribution >= 0.6 is 0 Å². The summed E-state index contributed by atoms with van der Waals surface area (Å²) in [5.41, 5.74) is 0.738. The predicted octanol–water partition coefficient (Wildman–Crippen LogP) is 5.16. The van der Waals surface area contributed by atoms with Crippen molar-refractivity contribution in [2.45, 2.75) is 6.18 Å². The zero-order chi connectivity index (χ0) is 23.3. The third-order valence-corrected chi connectivity index (χ3v) is 3.96. The first-order valence-corrected chi connectivity index (χ1v) is 8.67. The highest BCUT2D eigenvalue weighted by Gasteiger charge is 2.33. The number of ether oxygens (including phenoxy) is 1. The van der Waals surface area contributed by atoms with Crippen LogP contribution in [0.2, 0.25) is 0 Å². The van der Waals surface area contributed by atoms with Crippen molar-refractivity contribution in [3.63, 3.8) is 0 Å². The Bertz CT molecular complexity index is 1180. The molecule has 0 atom stereocenters. The van der Waals surface area contributed by atoms with Crippen LogP contribution in [0.1, 0.15) is 11.1 Å². The second-order valence-electron chi connectivity index (χ2n) is 6.11. The van der Waals surface area contributed by atoms with Gasteiger partial charge in [-0.25, -0.2) is 4.98 Å². The summed E-state index contributed by atoms with van der Waals surface area (Å²) in [6, 6.07) is 10.5. The Morgan fingerprint density at radius 3 is 2.31 bits per heavy atom. The van der Waals surface area contributed by atoms with Crippen molar-refractivity contribution in [2.75, 3.05) is 5.43 Å². The largest absolute Gasteiger partial charge is 0.450 e. The van der Waals surface area contributed by atoms with E-state index in [1.165, 1.54) is 48.8 Å². The van der Waals surface area contributed by atoms with Crippen molar-refractivity contribution >= 4 is 23.4 Å². The number of benzene rings is 2. The molecule has 0 saturated carbocycles. The van der Waals surface area contributed by atoms with E-state index in [0.29, 0.717) is 17.7 Å². The fourth-order valence-corrected chi connectivity index (χ4v) is 2.47. The lowest BCUT2D eigenvalue weighted by Crippen LogP contribution is -2.06. The lowest BCUT2D eigenvalue weighted by atomic mass is 10.2. The van der Waals surface area contributed by atoms with Gasteiger partial charge in [-0.15, -0.1) is 0 Å². The zero-order valence-electron chi connectivity index (χ0n) is 15.8. The Morgan fingerprint density at radius 1 is 1.00 bits per heavy atom. The van der Waals surface area contributed by atoms with Crippen molar-refractivity contribution in [1.82, 2.24) is 4.98 Å². The monoisotopic (exact) mass is 447 g/mol. The van der Waals surface area contributed by atoms with Crippen molar-refractivity contribution < 1.29 is 27.8 Å². The number of hydrazone groups is 1. The van der Waals surface area contributed by atoms with E-state index >= 15 is 0 Å². The molecule has 32 heavy (non-hydrogen) atoms. The first kappa shape index (κ1) is 22.1. The van der Waals surface area contributed by atoms with E-state index in [1.807, 2.05) is 0 Å². The van der Waals surface area contributed by atoms with Crippen LogP contribution in [0.3, 0.4) is 0 Å². The van der Waals surface area contributed by atoms with Gasteiger partial charge in [0.25, 0.3) is 0 Å². The molecule has 0 aliphatic rings. The van der Waals surface area contributed by atoms with Gasteiger partial charge in [-0.05, 0) is 48.0 Å². The summed E-state index contributed by atoms with van der Waals surface area (Å²) in [5, 5.41) is 25.9. The van der Waals surface area contributed by atoms with Crippen LogP contribution in [0.5, 0.6) is 11.5 Å². The second kappa shape index (κ2) is 9.07. The van der Waals surface area contributed by atoms with Crippen molar-refractivity contribution in [2.24, 2.45) is 5.10 Å². The maximum Gasteiger partial charge on any atom is 0.416 e. The Labute approximate surface area is 177 Å². The second-order valence-corrected chi connectivity index (χ2v) is 6.11. The van der Waals surface area contributed by atoms with Crippen molar-refractivity contribution in [3.05, 3.63) is 92.1 Å². The van der Waals surface area contributed by atoms with E-state index < -0.39 is 27.3 Å². The summed E-state index contributed by atoms with van der Waals surface area (Å²) in [7, 11) is 0. The number of alkyl halides is 3. The smallest absolute Gasteiger partial charge is 0.416 e. The van der Waals surface area contributed by atoms with Gasteiger partial charge in [-0.2, -0.15) is 18.3 Å². The number of nitro groups is 2. The minimum Gasteiger partial charge on any atom is -0.450 e. The summed E-state index contributed by atoms with van der Waals surface area (Å²) in [6.07, 6.45) is -2.03. The van der Waals surface area contributed by atoms with Gasteiger partial charge in [0, 0.05) is 18.3 Å². The number of hydrogen-bond donors (Lipinski definition) is 1. The van der Waals surface area contributed by atoms with Crippen LogP contribution in [0.4, 0.5) is 30.4 Å². The molecule has 10 nitrogen and oxygen atoms in total. The van der Waals surface area contributed by atoms with E-state index in [-0.39, 0.29) is 23.0 Å². The summed E-state index contributed by atoms with van der Waals surface area (Å²) in [5.74, 6) is -0.268. The normalized spacial score (nSPS) is 11.3. The molecule has 1 heterocycles. The molecular formula is C19H12F3N5O5. The Morgan fingerprint density at radius 2 is 1.69 bits per heavy atom. The number of aromatic nitrogens is 1. The van der Waals surface area contributed by atoms with Gasteiger partial charge in [0.05, 0.1) is 21.6 Å². The number of nitrogens with zero attached hydrogens (tertiary/aromatic N) is 4. The highest BCUT2D eigenvalue weighted by molar-refractivity contribution is 5.80. The Balaban J connectivity index is 1.72. The average molecular weight is 447 g/mol. The summed E-state index contributed by atoms with van der Waals surface area (Å²) in [6.45, 7) is 0. The molecule has 0 radical (unpaired) electrons. The molecule has 0 aliphatic carbocycles. The molecule has 0 aliphatic heterocycles. The van der Waals surface area contributed by atoms with E-state index in [1.54, 1.807) is 0 Å². The van der Waals surface area contributed by atoms with Crippen molar-refractivity contribution in [3.8, 4) is 11.5 Å². The first-order valence-electron chi connectivity index (χ1n) is 8.67. The molecule has 0 bridgehead atoms. The van der Waals surface area contributed by atoms with Crippen molar-refractivity contribution in [1.29, 1.82) is 0 Å². The standard InChI is InChI=1S/C19H12F3N5O5/c20-19(21,22)13-5-8-17(16(10-13)27(30)31)32-14-6-3-12(4-7-14)11-24-25-18-15(26(28)29)2-1-9-23-18/h1-11H,(H,23,25)/b24-11-. The zero-order valence-corrected chi connectivity index (χ0v) is 15.8. The van der Waals surface area contributed by atoms with Crippen LogP contribution in [0.25, 0.3) is 0 Å². The number of hydrogen-bond acceptors (Lipinski definition) is 8. The maximum absolute atomic E-state index is 12.8. The van der Waals surface area contributed by atoms with E-state index in [0.717, 1.165) is 6.07 Å². The third kappa shape index (κ3) is 5.33. The molecule has 0 saturated heterocycles. The minimum absolute atomic E-state index is 0.0525. The van der Waals surface area contributed by atoms with E-state index in [2.05, 4.69) is 15.5 Å². The number of anilines is 1. The van der Waals surface area contributed by atoms with Crippen LogP contribution in [0.15, 0.2) is 65.9 Å². The number of nitro benzene ring substituents is 1. The molecule has 0 unspecified atom stereocenters. The van der Waals surface area contributed by atoms with E-state index in [4.69, 9.17) is 4.74 Å². The molecule has 3 aromatic rings.